The Labute approximate surface area is 79.6 Å². The summed E-state index contributed by atoms with van der Waals surface area (Å²) in [5.41, 5.74) is 9.34. The maximum absolute atomic E-state index is 12.2. The van der Waals surface area contributed by atoms with E-state index in [1.807, 2.05) is 0 Å². The zero-order valence-electron chi connectivity index (χ0n) is 7.60. The van der Waals surface area contributed by atoms with Crippen LogP contribution in [-0.2, 0) is 4.79 Å². The van der Waals surface area contributed by atoms with Crippen LogP contribution in [0.25, 0.3) is 0 Å². The molecule has 82 valence electrons. The Balaban J connectivity index is 2.59. The smallest absolute Gasteiger partial charge is 0.368 e. The maximum atomic E-state index is 12.2. The third-order valence-corrected chi connectivity index (χ3v) is 2.83. The number of carbonyl (C=O) groups excluding carboxylic acids is 1. The minimum Gasteiger partial charge on any atom is -0.368 e. The lowest BCUT2D eigenvalue weighted by Gasteiger charge is -2.35. The molecule has 4 N–H and O–H groups in total. The summed E-state index contributed by atoms with van der Waals surface area (Å²) in [6.07, 6.45) is -4.36. The van der Waals surface area contributed by atoms with Crippen molar-refractivity contribution in [2.75, 3.05) is 0 Å². The minimum atomic E-state index is -4.18. The van der Waals surface area contributed by atoms with Gasteiger partial charge in [0.1, 0.15) is 0 Å². The van der Waals surface area contributed by atoms with E-state index >= 15 is 0 Å². The molecule has 3 nitrogen and oxygen atoms in total. The monoisotopic (exact) mass is 210 g/mol. The second-order valence-corrected chi connectivity index (χ2v) is 3.84. The summed E-state index contributed by atoms with van der Waals surface area (Å²) in [7, 11) is 0. The quantitative estimate of drug-likeness (QED) is 0.675. The molecule has 1 saturated carbocycles. The lowest BCUT2D eigenvalue weighted by molar-refractivity contribution is -0.185. The average molecular weight is 210 g/mol. The fourth-order valence-corrected chi connectivity index (χ4v) is 1.71. The first kappa shape index (κ1) is 11.3. The van der Waals surface area contributed by atoms with E-state index in [1.165, 1.54) is 0 Å². The van der Waals surface area contributed by atoms with Gasteiger partial charge in [0.15, 0.2) is 0 Å². The number of alkyl halides is 3. The predicted molar refractivity (Wildman–Crippen MR) is 44.1 cm³/mol. The first-order valence-corrected chi connectivity index (χ1v) is 4.41. The van der Waals surface area contributed by atoms with Crippen LogP contribution >= 0.6 is 0 Å². The lowest BCUT2D eigenvalue weighted by Crippen LogP contribution is -2.54. The molecule has 0 unspecified atom stereocenters. The Kier molecular flexibility index (Phi) is 2.76. The molecule has 0 heterocycles. The van der Waals surface area contributed by atoms with Crippen LogP contribution in [0.15, 0.2) is 0 Å². The summed E-state index contributed by atoms with van der Waals surface area (Å²) in [4.78, 5) is 10.8. The maximum Gasteiger partial charge on any atom is 0.391 e. The van der Waals surface area contributed by atoms with Crippen molar-refractivity contribution in [3.05, 3.63) is 0 Å². The van der Waals surface area contributed by atoms with Gasteiger partial charge in [0.2, 0.25) is 5.91 Å². The molecule has 0 aromatic rings. The van der Waals surface area contributed by atoms with Crippen molar-refractivity contribution in [2.24, 2.45) is 17.4 Å². The van der Waals surface area contributed by atoms with Gasteiger partial charge in [-0.3, -0.25) is 4.79 Å². The number of hydrogen-bond acceptors (Lipinski definition) is 2. The summed E-state index contributed by atoms with van der Waals surface area (Å²) in [5, 5.41) is 0. The molecule has 0 aromatic heterocycles. The van der Waals surface area contributed by atoms with E-state index in [-0.39, 0.29) is 25.7 Å². The predicted octanol–water partition coefficient (Wildman–Crippen LogP) is 0.922. The molecule has 1 aliphatic rings. The summed E-state index contributed by atoms with van der Waals surface area (Å²) >= 11 is 0. The van der Waals surface area contributed by atoms with E-state index < -0.39 is 23.5 Å². The van der Waals surface area contributed by atoms with E-state index in [9.17, 15) is 18.0 Å². The molecule has 1 fully saturated rings. The molecule has 1 amide bonds. The van der Waals surface area contributed by atoms with Crippen LogP contribution in [0.1, 0.15) is 25.7 Å². The third-order valence-electron chi connectivity index (χ3n) is 2.83. The standard InChI is InChI=1S/C8H13F3N2O/c9-8(10,11)5-1-3-7(13,4-2-5)6(12)14/h5H,1-4,13H2,(H2,12,14). The van der Waals surface area contributed by atoms with Gasteiger partial charge in [0.25, 0.3) is 0 Å². The van der Waals surface area contributed by atoms with Gasteiger partial charge in [0, 0.05) is 0 Å². The van der Waals surface area contributed by atoms with E-state index in [0.29, 0.717) is 0 Å². The Morgan fingerprint density at radius 3 is 2.00 bits per heavy atom. The van der Waals surface area contributed by atoms with Crippen LogP contribution in [-0.4, -0.2) is 17.6 Å². The largest absolute Gasteiger partial charge is 0.391 e. The molecule has 1 rings (SSSR count). The van der Waals surface area contributed by atoms with Crippen molar-refractivity contribution in [3.8, 4) is 0 Å². The van der Waals surface area contributed by atoms with Gasteiger partial charge < -0.3 is 11.5 Å². The topological polar surface area (TPSA) is 69.1 Å². The molecule has 14 heavy (non-hydrogen) atoms. The highest BCUT2D eigenvalue weighted by molar-refractivity contribution is 5.84. The normalized spacial score (nSPS) is 34.1. The summed E-state index contributed by atoms with van der Waals surface area (Å²) in [6.45, 7) is 0. The fourth-order valence-electron chi connectivity index (χ4n) is 1.71. The highest BCUT2D eigenvalue weighted by Gasteiger charge is 2.46. The van der Waals surface area contributed by atoms with Gasteiger partial charge in [-0.1, -0.05) is 0 Å². The number of halogens is 3. The molecule has 0 spiro atoms. The van der Waals surface area contributed by atoms with Crippen molar-refractivity contribution < 1.29 is 18.0 Å². The molecule has 0 saturated heterocycles. The Morgan fingerprint density at radius 2 is 1.71 bits per heavy atom. The van der Waals surface area contributed by atoms with Crippen molar-refractivity contribution in [1.29, 1.82) is 0 Å². The Bertz CT molecular complexity index is 231. The summed E-state index contributed by atoms with van der Waals surface area (Å²) in [5.74, 6) is -2.04. The molecule has 1 aliphatic carbocycles. The van der Waals surface area contributed by atoms with E-state index in [1.54, 1.807) is 0 Å². The number of hydrogen-bond donors (Lipinski definition) is 2. The van der Waals surface area contributed by atoms with Gasteiger partial charge in [0.05, 0.1) is 11.5 Å². The Hall–Kier alpha value is -0.780. The van der Waals surface area contributed by atoms with Gasteiger partial charge in [-0.25, -0.2) is 0 Å². The van der Waals surface area contributed by atoms with E-state index in [4.69, 9.17) is 11.5 Å². The lowest BCUT2D eigenvalue weighted by atomic mass is 9.76. The average Bonchev–Trinajstić information content (AvgIpc) is 2.03. The molecular formula is C8H13F3N2O. The molecule has 0 bridgehead atoms. The van der Waals surface area contributed by atoms with Crippen LogP contribution in [0.4, 0.5) is 13.2 Å². The van der Waals surface area contributed by atoms with Crippen LogP contribution in [0.2, 0.25) is 0 Å². The van der Waals surface area contributed by atoms with Crippen molar-refractivity contribution in [3.63, 3.8) is 0 Å². The van der Waals surface area contributed by atoms with Gasteiger partial charge in [-0.05, 0) is 25.7 Å². The molecular weight excluding hydrogens is 197 g/mol. The number of amides is 1. The SMILES string of the molecule is NC(=O)C1(N)CCC(C(F)(F)F)CC1. The second-order valence-electron chi connectivity index (χ2n) is 3.84. The molecule has 0 atom stereocenters. The van der Waals surface area contributed by atoms with Crippen molar-refractivity contribution in [1.82, 2.24) is 0 Å². The first-order chi connectivity index (χ1) is 6.26. The van der Waals surface area contributed by atoms with Crippen LogP contribution in [0.3, 0.4) is 0 Å². The second kappa shape index (κ2) is 3.42. The minimum absolute atomic E-state index is 0.0203. The zero-order chi connectivity index (χ0) is 11.0. The number of rotatable bonds is 1. The molecule has 6 heteroatoms. The van der Waals surface area contributed by atoms with Crippen molar-refractivity contribution in [2.45, 2.75) is 37.4 Å². The third kappa shape index (κ3) is 2.17. The van der Waals surface area contributed by atoms with Crippen molar-refractivity contribution >= 4 is 5.91 Å². The van der Waals surface area contributed by atoms with E-state index in [0.717, 1.165) is 0 Å². The highest BCUT2D eigenvalue weighted by atomic mass is 19.4. The molecule has 0 aliphatic heterocycles. The molecule has 0 radical (unpaired) electrons. The fraction of sp³-hybridized carbons (Fsp3) is 0.875. The van der Waals surface area contributed by atoms with Crippen LogP contribution in [0.5, 0.6) is 0 Å². The zero-order valence-corrected chi connectivity index (χ0v) is 7.60. The number of nitrogens with two attached hydrogens (primary N) is 2. The number of primary amides is 1. The number of carbonyl (C=O) groups is 1. The van der Waals surface area contributed by atoms with Gasteiger partial charge in [-0.15, -0.1) is 0 Å². The Morgan fingerprint density at radius 1 is 1.29 bits per heavy atom. The van der Waals surface area contributed by atoms with Crippen LogP contribution < -0.4 is 11.5 Å². The summed E-state index contributed by atoms with van der Waals surface area (Å²) < 4.78 is 36.7. The van der Waals surface area contributed by atoms with Gasteiger partial charge in [-0.2, -0.15) is 13.2 Å². The van der Waals surface area contributed by atoms with Gasteiger partial charge >= 0.3 is 6.18 Å². The highest BCUT2D eigenvalue weighted by Crippen LogP contribution is 2.40. The summed E-state index contributed by atoms with van der Waals surface area (Å²) in [6, 6.07) is 0. The van der Waals surface area contributed by atoms with Crippen LogP contribution in [0, 0.1) is 5.92 Å². The first-order valence-electron chi connectivity index (χ1n) is 4.41. The molecule has 0 aromatic carbocycles. The van der Waals surface area contributed by atoms with E-state index in [2.05, 4.69) is 0 Å².